The summed E-state index contributed by atoms with van der Waals surface area (Å²) in [7, 11) is 0. The first-order valence-electron chi connectivity index (χ1n) is 7.74. The number of nitrogens with zero attached hydrogens (tertiary/aromatic N) is 1. The predicted molar refractivity (Wildman–Crippen MR) is 82.6 cm³/mol. The standard InChI is InChI=1S/C17H21F2NO4/c1-17(2,3)24-16(23)20-7-6-11(12(9-20)15(21)22)10-4-5-13(18)14(19)8-10/h4-5,8,11-12H,6-7,9H2,1-3H3,(H,21,22). The fourth-order valence-electron chi connectivity index (χ4n) is 2.84. The number of halogens is 2. The molecule has 1 aromatic carbocycles. The largest absolute Gasteiger partial charge is 0.481 e. The van der Waals surface area contributed by atoms with E-state index in [4.69, 9.17) is 4.74 Å². The molecule has 1 aliphatic heterocycles. The summed E-state index contributed by atoms with van der Waals surface area (Å²) in [6.45, 7) is 5.45. The van der Waals surface area contributed by atoms with Crippen molar-refractivity contribution in [3.8, 4) is 0 Å². The minimum Gasteiger partial charge on any atom is -0.481 e. The van der Waals surface area contributed by atoms with Crippen LogP contribution in [0.25, 0.3) is 0 Å². The topological polar surface area (TPSA) is 66.8 Å². The van der Waals surface area contributed by atoms with Crippen molar-refractivity contribution in [2.24, 2.45) is 5.92 Å². The zero-order chi connectivity index (χ0) is 18.1. The van der Waals surface area contributed by atoms with Gasteiger partial charge in [-0.05, 0) is 44.9 Å². The van der Waals surface area contributed by atoms with Gasteiger partial charge in [0.2, 0.25) is 0 Å². The van der Waals surface area contributed by atoms with Crippen molar-refractivity contribution in [2.45, 2.75) is 38.7 Å². The third kappa shape index (κ3) is 4.21. The Morgan fingerprint density at radius 1 is 1.25 bits per heavy atom. The zero-order valence-electron chi connectivity index (χ0n) is 13.9. The van der Waals surface area contributed by atoms with Crippen LogP contribution in [0.5, 0.6) is 0 Å². The predicted octanol–water partition coefficient (Wildman–Crippen LogP) is 3.39. The Kier molecular flexibility index (Phi) is 5.11. The summed E-state index contributed by atoms with van der Waals surface area (Å²) in [4.78, 5) is 25.1. The lowest BCUT2D eigenvalue weighted by atomic mass is 9.80. The zero-order valence-corrected chi connectivity index (χ0v) is 13.9. The van der Waals surface area contributed by atoms with Crippen LogP contribution in [0.15, 0.2) is 18.2 Å². The van der Waals surface area contributed by atoms with Crippen LogP contribution in [0.3, 0.4) is 0 Å². The van der Waals surface area contributed by atoms with Crippen molar-refractivity contribution in [3.63, 3.8) is 0 Å². The fourth-order valence-corrected chi connectivity index (χ4v) is 2.84. The molecule has 1 saturated heterocycles. The summed E-state index contributed by atoms with van der Waals surface area (Å²) in [5, 5.41) is 9.48. The van der Waals surface area contributed by atoms with Crippen LogP contribution in [0.4, 0.5) is 13.6 Å². The number of carboxylic acid groups (broad SMARTS) is 1. The molecule has 0 spiro atoms. The van der Waals surface area contributed by atoms with Crippen LogP contribution in [-0.2, 0) is 9.53 Å². The maximum Gasteiger partial charge on any atom is 0.410 e. The molecule has 1 amide bonds. The highest BCUT2D eigenvalue weighted by Gasteiger charge is 2.38. The van der Waals surface area contributed by atoms with Crippen LogP contribution in [-0.4, -0.2) is 40.8 Å². The van der Waals surface area contributed by atoms with E-state index in [1.54, 1.807) is 20.8 Å². The second-order valence-corrected chi connectivity index (χ2v) is 6.94. The Morgan fingerprint density at radius 3 is 2.46 bits per heavy atom. The van der Waals surface area contributed by atoms with Gasteiger partial charge in [-0.3, -0.25) is 4.79 Å². The van der Waals surface area contributed by atoms with E-state index in [-0.39, 0.29) is 6.54 Å². The van der Waals surface area contributed by atoms with Gasteiger partial charge in [0.25, 0.3) is 0 Å². The number of amides is 1. The molecule has 5 nitrogen and oxygen atoms in total. The van der Waals surface area contributed by atoms with Crippen LogP contribution < -0.4 is 0 Å². The lowest BCUT2D eigenvalue weighted by molar-refractivity contribution is -0.144. The van der Waals surface area contributed by atoms with Gasteiger partial charge in [0.1, 0.15) is 5.60 Å². The Morgan fingerprint density at radius 2 is 1.92 bits per heavy atom. The summed E-state index contributed by atoms with van der Waals surface area (Å²) in [5.41, 5.74) is -0.252. The molecule has 0 saturated carbocycles. The number of rotatable bonds is 2. The van der Waals surface area contributed by atoms with E-state index >= 15 is 0 Å². The lowest BCUT2D eigenvalue weighted by Crippen LogP contribution is -2.47. The van der Waals surface area contributed by atoms with Crippen molar-refractivity contribution in [2.75, 3.05) is 13.1 Å². The van der Waals surface area contributed by atoms with E-state index in [0.717, 1.165) is 12.1 Å². The van der Waals surface area contributed by atoms with Crippen LogP contribution >= 0.6 is 0 Å². The summed E-state index contributed by atoms with van der Waals surface area (Å²) in [5.74, 6) is -4.46. The molecule has 0 aromatic heterocycles. The lowest BCUT2D eigenvalue weighted by Gasteiger charge is -2.37. The Hall–Kier alpha value is -2.18. The average Bonchev–Trinajstić information content (AvgIpc) is 2.47. The fraction of sp³-hybridized carbons (Fsp3) is 0.529. The molecule has 1 aromatic rings. The van der Waals surface area contributed by atoms with Gasteiger partial charge in [-0.25, -0.2) is 13.6 Å². The van der Waals surface area contributed by atoms with Gasteiger partial charge in [-0.1, -0.05) is 6.07 Å². The first-order valence-corrected chi connectivity index (χ1v) is 7.74. The first-order chi connectivity index (χ1) is 11.1. The number of likely N-dealkylation sites (tertiary alicyclic amines) is 1. The number of hydrogen-bond donors (Lipinski definition) is 1. The summed E-state index contributed by atoms with van der Waals surface area (Å²) >= 11 is 0. The van der Waals surface area contributed by atoms with Gasteiger partial charge in [0.15, 0.2) is 11.6 Å². The SMILES string of the molecule is CC(C)(C)OC(=O)N1CCC(c2ccc(F)c(F)c2)C(C(=O)O)C1. The van der Waals surface area contributed by atoms with Crippen molar-refractivity contribution >= 4 is 12.1 Å². The van der Waals surface area contributed by atoms with Gasteiger partial charge in [0.05, 0.1) is 5.92 Å². The minimum absolute atomic E-state index is 0.0338. The number of carboxylic acids is 1. The number of piperidine rings is 1. The number of benzene rings is 1. The maximum atomic E-state index is 13.4. The van der Waals surface area contributed by atoms with Gasteiger partial charge < -0.3 is 14.7 Å². The second kappa shape index (κ2) is 6.75. The second-order valence-electron chi connectivity index (χ2n) is 6.94. The molecular weight excluding hydrogens is 320 g/mol. The van der Waals surface area contributed by atoms with E-state index in [1.807, 2.05) is 0 Å². The molecule has 24 heavy (non-hydrogen) atoms. The molecule has 132 valence electrons. The third-order valence-corrected chi connectivity index (χ3v) is 3.95. The quantitative estimate of drug-likeness (QED) is 0.895. The van der Waals surface area contributed by atoms with E-state index < -0.39 is 41.1 Å². The van der Waals surface area contributed by atoms with Crippen LogP contribution in [0.2, 0.25) is 0 Å². The molecule has 2 unspecified atom stereocenters. The van der Waals surface area contributed by atoms with E-state index in [0.29, 0.717) is 18.5 Å². The third-order valence-electron chi connectivity index (χ3n) is 3.95. The number of carbonyl (C=O) groups is 2. The molecule has 1 heterocycles. The van der Waals surface area contributed by atoms with Crippen LogP contribution in [0, 0.1) is 17.6 Å². The number of carbonyl (C=O) groups excluding carboxylic acids is 1. The van der Waals surface area contributed by atoms with Crippen LogP contribution in [0.1, 0.15) is 38.7 Å². The molecule has 1 fully saturated rings. The normalized spacial score (nSPS) is 21.5. The molecular formula is C17H21F2NO4. The molecule has 1 N–H and O–H groups in total. The molecule has 2 rings (SSSR count). The summed E-state index contributed by atoms with van der Waals surface area (Å²) in [6, 6.07) is 3.41. The van der Waals surface area contributed by atoms with E-state index in [9.17, 15) is 23.5 Å². The molecule has 0 bridgehead atoms. The van der Waals surface area contributed by atoms with Crippen molar-refractivity contribution < 1.29 is 28.2 Å². The molecule has 0 radical (unpaired) electrons. The molecule has 2 atom stereocenters. The van der Waals surface area contributed by atoms with Crippen molar-refractivity contribution in [1.29, 1.82) is 0 Å². The highest BCUT2D eigenvalue weighted by atomic mass is 19.2. The Balaban J connectivity index is 2.18. The van der Waals surface area contributed by atoms with Gasteiger partial charge in [0, 0.05) is 19.0 Å². The molecule has 1 aliphatic rings. The number of aliphatic carboxylic acids is 1. The van der Waals surface area contributed by atoms with E-state index in [1.165, 1.54) is 11.0 Å². The highest BCUT2D eigenvalue weighted by molar-refractivity contribution is 5.74. The smallest absolute Gasteiger partial charge is 0.410 e. The molecule has 0 aliphatic carbocycles. The summed E-state index contributed by atoms with van der Waals surface area (Å²) < 4.78 is 31.8. The monoisotopic (exact) mass is 341 g/mol. The van der Waals surface area contributed by atoms with E-state index in [2.05, 4.69) is 0 Å². The average molecular weight is 341 g/mol. The first kappa shape index (κ1) is 18.2. The number of ether oxygens (including phenoxy) is 1. The minimum atomic E-state index is -1.09. The highest BCUT2D eigenvalue weighted by Crippen LogP contribution is 2.34. The van der Waals surface area contributed by atoms with Gasteiger partial charge in [-0.15, -0.1) is 0 Å². The summed E-state index contributed by atoms with van der Waals surface area (Å²) in [6.07, 6.45) is -0.237. The molecule has 7 heteroatoms. The van der Waals surface area contributed by atoms with Gasteiger partial charge in [-0.2, -0.15) is 0 Å². The maximum absolute atomic E-state index is 13.4. The van der Waals surface area contributed by atoms with Gasteiger partial charge >= 0.3 is 12.1 Å². The Bertz CT molecular complexity index is 642. The number of hydrogen-bond acceptors (Lipinski definition) is 3. The van der Waals surface area contributed by atoms with Crippen molar-refractivity contribution in [1.82, 2.24) is 4.90 Å². The Labute approximate surface area is 139 Å². The van der Waals surface area contributed by atoms with Crippen molar-refractivity contribution in [3.05, 3.63) is 35.4 Å².